The molecule has 0 saturated heterocycles. The number of aromatic nitrogens is 3. The standard InChI is InChI=1S/C16H24N4O/c1-5-8-18-13(16(2,3)4)11-14-19-15(20-21-14)12-6-9-17-10-7-12/h6-7,9-10,13,18H,5,8,11H2,1-4H3. The van der Waals surface area contributed by atoms with Crippen molar-refractivity contribution in [3.8, 4) is 11.4 Å². The maximum Gasteiger partial charge on any atom is 0.228 e. The molecule has 0 spiro atoms. The minimum Gasteiger partial charge on any atom is -0.339 e. The third kappa shape index (κ3) is 4.36. The van der Waals surface area contributed by atoms with E-state index in [-0.39, 0.29) is 5.41 Å². The fraction of sp³-hybridized carbons (Fsp3) is 0.562. The third-order valence-corrected chi connectivity index (χ3v) is 3.47. The normalized spacial score (nSPS) is 13.3. The molecule has 0 amide bonds. The lowest BCUT2D eigenvalue weighted by Crippen LogP contribution is -2.42. The zero-order chi connectivity index (χ0) is 15.3. The number of pyridine rings is 1. The molecule has 21 heavy (non-hydrogen) atoms. The Morgan fingerprint density at radius 2 is 1.95 bits per heavy atom. The van der Waals surface area contributed by atoms with Crippen molar-refractivity contribution in [3.05, 3.63) is 30.4 Å². The molecule has 0 fully saturated rings. The number of hydrogen-bond acceptors (Lipinski definition) is 5. The van der Waals surface area contributed by atoms with Crippen LogP contribution in [-0.2, 0) is 6.42 Å². The Hall–Kier alpha value is -1.75. The Morgan fingerprint density at radius 1 is 1.24 bits per heavy atom. The Labute approximate surface area is 126 Å². The molecule has 5 nitrogen and oxygen atoms in total. The highest BCUT2D eigenvalue weighted by Crippen LogP contribution is 2.23. The van der Waals surface area contributed by atoms with E-state index in [1.807, 2.05) is 12.1 Å². The van der Waals surface area contributed by atoms with Crippen LogP contribution in [-0.4, -0.2) is 27.7 Å². The zero-order valence-electron chi connectivity index (χ0n) is 13.3. The largest absolute Gasteiger partial charge is 0.339 e. The first kappa shape index (κ1) is 15.6. The van der Waals surface area contributed by atoms with Crippen LogP contribution in [0.2, 0.25) is 0 Å². The number of rotatable bonds is 6. The Bertz CT molecular complexity index is 545. The van der Waals surface area contributed by atoms with Gasteiger partial charge >= 0.3 is 0 Å². The van der Waals surface area contributed by atoms with Crippen LogP contribution in [0.15, 0.2) is 29.0 Å². The van der Waals surface area contributed by atoms with Gasteiger partial charge in [0.25, 0.3) is 0 Å². The van der Waals surface area contributed by atoms with E-state index < -0.39 is 0 Å². The molecule has 2 rings (SSSR count). The summed E-state index contributed by atoms with van der Waals surface area (Å²) < 4.78 is 5.40. The van der Waals surface area contributed by atoms with Gasteiger partial charge in [0.1, 0.15) is 0 Å². The second-order valence-electron chi connectivity index (χ2n) is 6.32. The van der Waals surface area contributed by atoms with E-state index in [4.69, 9.17) is 4.52 Å². The van der Waals surface area contributed by atoms with Gasteiger partial charge in [-0.2, -0.15) is 4.98 Å². The molecule has 2 aromatic rings. The maximum atomic E-state index is 5.40. The molecule has 2 heterocycles. The second-order valence-corrected chi connectivity index (χ2v) is 6.32. The lowest BCUT2D eigenvalue weighted by atomic mass is 9.84. The summed E-state index contributed by atoms with van der Waals surface area (Å²) in [7, 11) is 0. The first-order valence-corrected chi connectivity index (χ1v) is 7.47. The molecule has 0 aliphatic heterocycles. The lowest BCUT2D eigenvalue weighted by molar-refractivity contribution is 0.244. The minimum atomic E-state index is 0.139. The quantitative estimate of drug-likeness (QED) is 0.885. The third-order valence-electron chi connectivity index (χ3n) is 3.47. The van der Waals surface area contributed by atoms with Crippen LogP contribution >= 0.6 is 0 Å². The molecule has 2 aromatic heterocycles. The van der Waals surface area contributed by atoms with Crippen molar-refractivity contribution >= 4 is 0 Å². The summed E-state index contributed by atoms with van der Waals surface area (Å²) >= 11 is 0. The monoisotopic (exact) mass is 288 g/mol. The molecule has 0 saturated carbocycles. The average Bonchev–Trinajstić information content (AvgIpc) is 2.92. The van der Waals surface area contributed by atoms with Crippen molar-refractivity contribution in [2.24, 2.45) is 5.41 Å². The first-order chi connectivity index (χ1) is 10.0. The maximum absolute atomic E-state index is 5.40. The number of hydrogen-bond donors (Lipinski definition) is 1. The van der Waals surface area contributed by atoms with Gasteiger partial charge in [-0.25, -0.2) is 0 Å². The van der Waals surface area contributed by atoms with Gasteiger partial charge in [0, 0.05) is 30.4 Å². The first-order valence-electron chi connectivity index (χ1n) is 7.47. The van der Waals surface area contributed by atoms with Crippen LogP contribution in [0.4, 0.5) is 0 Å². The van der Waals surface area contributed by atoms with Crippen LogP contribution in [0, 0.1) is 5.41 Å². The van der Waals surface area contributed by atoms with E-state index in [0.717, 1.165) is 24.9 Å². The molecule has 5 heteroatoms. The van der Waals surface area contributed by atoms with Gasteiger partial charge in [0.2, 0.25) is 11.7 Å². The van der Waals surface area contributed by atoms with Crippen LogP contribution in [0.1, 0.15) is 40.0 Å². The average molecular weight is 288 g/mol. The smallest absolute Gasteiger partial charge is 0.228 e. The van der Waals surface area contributed by atoms with Gasteiger partial charge in [0.05, 0.1) is 0 Å². The Morgan fingerprint density at radius 3 is 2.57 bits per heavy atom. The summed E-state index contributed by atoms with van der Waals surface area (Å²) in [6, 6.07) is 4.07. The molecular weight excluding hydrogens is 264 g/mol. The molecule has 1 N–H and O–H groups in total. The van der Waals surface area contributed by atoms with Crippen LogP contribution in [0.5, 0.6) is 0 Å². The fourth-order valence-corrected chi connectivity index (χ4v) is 2.13. The van der Waals surface area contributed by atoms with Crippen LogP contribution in [0.3, 0.4) is 0 Å². The van der Waals surface area contributed by atoms with E-state index >= 15 is 0 Å². The highest BCUT2D eigenvalue weighted by atomic mass is 16.5. The SMILES string of the molecule is CCCNC(Cc1nc(-c2ccncc2)no1)C(C)(C)C. The summed E-state index contributed by atoms with van der Waals surface area (Å²) in [5.74, 6) is 1.29. The van der Waals surface area contributed by atoms with Crippen molar-refractivity contribution in [2.45, 2.75) is 46.6 Å². The number of nitrogens with zero attached hydrogens (tertiary/aromatic N) is 3. The van der Waals surface area contributed by atoms with Crippen molar-refractivity contribution in [1.82, 2.24) is 20.4 Å². The van der Waals surface area contributed by atoms with Gasteiger partial charge in [-0.05, 0) is 30.5 Å². The summed E-state index contributed by atoms with van der Waals surface area (Å²) in [6.45, 7) is 9.83. The highest BCUT2D eigenvalue weighted by molar-refractivity contribution is 5.52. The Balaban J connectivity index is 2.10. The van der Waals surface area contributed by atoms with E-state index in [1.165, 1.54) is 0 Å². The van der Waals surface area contributed by atoms with Gasteiger partial charge in [0.15, 0.2) is 0 Å². The Kier molecular flexibility index (Phi) is 5.07. The molecule has 0 aliphatic carbocycles. The zero-order valence-corrected chi connectivity index (χ0v) is 13.3. The van der Waals surface area contributed by atoms with E-state index in [1.54, 1.807) is 12.4 Å². The van der Waals surface area contributed by atoms with Gasteiger partial charge in [-0.3, -0.25) is 4.98 Å². The van der Waals surface area contributed by atoms with Crippen LogP contribution < -0.4 is 5.32 Å². The van der Waals surface area contributed by atoms with Gasteiger partial charge < -0.3 is 9.84 Å². The topological polar surface area (TPSA) is 63.8 Å². The van der Waals surface area contributed by atoms with Crippen molar-refractivity contribution in [3.63, 3.8) is 0 Å². The molecular formula is C16H24N4O. The van der Waals surface area contributed by atoms with Gasteiger partial charge in [-0.15, -0.1) is 0 Å². The van der Waals surface area contributed by atoms with Crippen LogP contribution in [0.25, 0.3) is 11.4 Å². The molecule has 0 radical (unpaired) electrons. The summed E-state index contributed by atoms with van der Waals surface area (Å²) in [4.78, 5) is 8.49. The molecule has 0 aromatic carbocycles. The molecule has 0 bridgehead atoms. The molecule has 1 unspecified atom stereocenters. The lowest BCUT2D eigenvalue weighted by Gasteiger charge is -2.30. The summed E-state index contributed by atoms with van der Waals surface area (Å²) in [5, 5.41) is 7.63. The van der Waals surface area contributed by atoms with Crippen molar-refractivity contribution in [2.75, 3.05) is 6.54 Å². The predicted octanol–water partition coefficient (Wildman–Crippen LogP) is 3.09. The second kappa shape index (κ2) is 6.80. The van der Waals surface area contributed by atoms with Crippen molar-refractivity contribution in [1.29, 1.82) is 0 Å². The molecule has 114 valence electrons. The highest BCUT2D eigenvalue weighted by Gasteiger charge is 2.26. The summed E-state index contributed by atoms with van der Waals surface area (Å²) in [5.41, 5.74) is 1.06. The molecule has 1 atom stereocenters. The van der Waals surface area contributed by atoms with E-state index in [9.17, 15) is 0 Å². The summed E-state index contributed by atoms with van der Waals surface area (Å²) in [6.07, 6.45) is 5.30. The van der Waals surface area contributed by atoms with Gasteiger partial charge in [-0.1, -0.05) is 32.9 Å². The minimum absolute atomic E-state index is 0.139. The number of nitrogens with one attached hydrogen (secondary N) is 1. The van der Waals surface area contributed by atoms with E-state index in [0.29, 0.717) is 17.8 Å². The van der Waals surface area contributed by atoms with E-state index in [2.05, 4.69) is 48.1 Å². The predicted molar refractivity (Wildman–Crippen MR) is 82.8 cm³/mol. The fourth-order valence-electron chi connectivity index (χ4n) is 2.13. The van der Waals surface area contributed by atoms with Crippen molar-refractivity contribution < 1.29 is 4.52 Å². The molecule has 0 aliphatic rings.